The maximum atomic E-state index is 5.70. The summed E-state index contributed by atoms with van der Waals surface area (Å²) in [6, 6.07) is 8.05. The molecule has 1 N–H and O–H groups in total. The summed E-state index contributed by atoms with van der Waals surface area (Å²) < 4.78 is 11.1. The first-order valence-corrected chi connectivity index (χ1v) is 5.97. The van der Waals surface area contributed by atoms with Gasteiger partial charge in [-0.2, -0.15) is 0 Å². The molecule has 0 amide bonds. The third-order valence-electron chi connectivity index (χ3n) is 2.98. The number of nitrogens with one attached hydrogen (secondary N) is 1. The Labute approximate surface area is 103 Å². The molecule has 1 atom stereocenters. The fourth-order valence-electron chi connectivity index (χ4n) is 2.09. The average molecular weight is 236 g/mol. The lowest BCUT2D eigenvalue weighted by molar-refractivity contribution is 0.0340. The van der Waals surface area contributed by atoms with Crippen LogP contribution in [0, 0.1) is 0 Å². The van der Waals surface area contributed by atoms with Crippen molar-refractivity contribution in [3.63, 3.8) is 0 Å². The molecule has 0 aliphatic carbocycles. The van der Waals surface area contributed by atoms with Gasteiger partial charge in [-0.25, -0.2) is 0 Å². The smallest absolute Gasteiger partial charge is 0.142 e. The Morgan fingerprint density at radius 1 is 1.47 bits per heavy atom. The van der Waals surface area contributed by atoms with Gasteiger partial charge in [-0.3, -0.25) is 0 Å². The Morgan fingerprint density at radius 2 is 2.29 bits per heavy atom. The van der Waals surface area contributed by atoms with Crippen LogP contribution in [0.15, 0.2) is 24.3 Å². The highest BCUT2D eigenvalue weighted by atomic mass is 16.5. The molecular weight excluding hydrogens is 216 g/mol. The first-order chi connectivity index (χ1) is 8.31. The van der Waals surface area contributed by atoms with Crippen LogP contribution in [-0.2, 0) is 4.74 Å². The minimum absolute atomic E-state index is 0.249. The van der Waals surface area contributed by atoms with Gasteiger partial charge in [0.1, 0.15) is 5.75 Å². The molecule has 0 radical (unpaired) electrons. The maximum absolute atomic E-state index is 5.70. The zero-order valence-electron chi connectivity index (χ0n) is 10.5. The lowest BCUT2D eigenvalue weighted by Crippen LogP contribution is -2.44. The Hall–Kier alpha value is -1.26. The minimum atomic E-state index is 0.249. The van der Waals surface area contributed by atoms with E-state index in [-0.39, 0.29) is 6.10 Å². The first kappa shape index (κ1) is 12.2. The molecule has 1 aromatic rings. The zero-order chi connectivity index (χ0) is 12.1. The highest BCUT2D eigenvalue weighted by molar-refractivity contribution is 5.57. The van der Waals surface area contributed by atoms with Gasteiger partial charge in [0.2, 0.25) is 0 Å². The van der Waals surface area contributed by atoms with Crippen LogP contribution in [0.4, 0.5) is 5.69 Å². The summed E-state index contributed by atoms with van der Waals surface area (Å²) in [6.07, 6.45) is 0.249. The van der Waals surface area contributed by atoms with Crippen LogP contribution in [0.1, 0.15) is 0 Å². The van der Waals surface area contributed by atoms with Crippen molar-refractivity contribution in [2.24, 2.45) is 0 Å². The fraction of sp³-hybridized carbons (Fsp3) is 0.538. The van der Waals surface area contributed by atoms with Crippen LogP contribution in [-0.4, -0.2) is 46.5 Å². The molecule has 1 aliphatic rings. The van der Waals surface area contributed by atoms with Crippen LogP contribution < -0.4 is 15.0 Å². The fourth-order valence-corrected chi connectivity index (χ4v) is 2.09. The Kier molecular flexibility index (Phi) is 4.23. The number of ether oxygens (including phenoxy) is 2. The van der Waals surface area contributed by atoms with Gasteiger partial charge in [-0.1, -0.05) is 12.1 Å². The molecule has 4 nitrogen and oxygen atoms in total. The molecule has 1 fully saturated rings. The molecule has 4 heteroatoms. The van der Waals surface area contributed by atoms with E-state index in [9.17, 15) is 0 Å². The SMILES string of the molecule is COc1ccccc1N(C)CC1CNCCO1. The van der Waals surface area contributed by atoms with Gasteiger partial charge in [0.25, 0.3) is 0 Å². The highest BCUT2D eigenvalue weighted by Crippen LogP contribution is 2.26. The standard InChI is InChI=1S/C13H20N2O2/c1-15(10-11-9-14-7-8-17-11)12-5-3-4-6-13(12)16-2/h3-6,11,14H,7-10H2,1-2H3. The number of methoxy groups -OCH3 is 1. The van der Waals surface area contributed by atoms with Gasteiger partial charge in [0.05, 0.1) is 25.5 Å². The minimum Gasteiger partial charge on any atom is -0.495 e. The monoisotopic (exact) mass is 236 g/mol. The molecule has 94 valence electrons. The molecule has 1 aliphatic heterocycles. The van der Waals surface area contributed by atoms with E-state index in [2.05, 4.69) is 23.3 Å². The summed E-state index contributed by atoms with van der Waals surface area (Å²) in [5, 5.41) is 3.34. The van der Waals surface area contributed by atoms with E-state index >= 15 is 0 Å². The molecule has 0 aromatic heterocycles. The second-order valence-electron chi connectivity index (χ2n) is 4.25. The largest absolute Gasteiger partial charge is 0.495 e. The molecule has 1 aromatic carbocycles. The predicted molar refractivity (Wildman–Crippen MR) is 68.9 cm³/mol. The number of morpholine rings is 1. The molecule has 1 saturated heterocycles. The number of nitrogens with zero attached hydrogens (tertiary/aromatic N) is 1. The number of rotatable bonds is 4. The van der Waals surface area contributed by atoms with Crippen molar-refractivity contribution in [2.45, 2.75) is 6.10 Å². The van der Waals surface area contributed by atoms with E-state index in [1.807, 2.05) is 18.2 Å². The average Bonchev–Trinajstić information content (AvgIpc) is 2.40. The lowest BCUT2D eigenvalue weighted by atomic mass is 10.2. The van der Waals surface area contributed by atoms with Crippen LogP contribution in [0.3, 0.4) is 0 Å². The molecule has 1 heterocycles. The van der Waals surface area contributed by atoms with Gasteiger partial charge in [-0.15, -0.1) is 0 Å². The summed E-state index contributed by atoms with van der Waals surface area (Å²) in [5.74, 6) is 0.902. The summed E-state index contributed by atoms with van der Waals surface area (Å²) >= 11 is 0. The van der Waals surface area contributed by atoms with Crippen molar-refractivity contribution < 1.29 is 9.47 Å². The highest BCUT2D eigenvalue weighted by Gasteiger charge is 2.17. The summed E-state index contributed by atoms with van der Waals surface area (Å²) in [4.78, 5) is 2.18. The Balaban J connectivity index is 2.00. The summed E-state index contributed by atoms with van der Waals surface area (Å²) in [7, 11) is 3.77. The van der Waals surface area contributed by atoms with Crippen molar-refractivity contribution in [3.05, 3.63) is 24.3 Å². The van der Waals surface area contributed by atoms with E-state index in [1.165, 1.54) is 0 Å². The number of para-hydroxylation sites is 2. The maximum Gasteiger partial charge on any atom is 0.142 e. The molecule has 2 rings (SSSR count). The van der Waals surface area contributed by atoms with Crippen molar-refractivity contribution in [1.82, 2.24) is 5.32 Å². The van der Waals surface area contributed by atoms with E-state index in [1.54, 1.807) is 7.11 Å². The molecule has 17 heavy (non-hydrogen) atoms. The lowest BCUT2D eigenvalue weighted by Gasteiger charge is -2.29. The second-order valence-corrected chi connectivity index (χ2v) is 4.25. The summed E-state index contributed by atoms with van der Waals surface area (Å²) in [5.41, 5.74) is 1.10. The molecule has 0 bridgehead atoms. The first-order valence-electron chi connectivity index (χ1n) is 5.97. The molecule has 0 saturated carbocycles. The molecule has 0 spiro atoms. The van der Waals surface area contributed by atoms with Crippen molar-refractivity contribution >= 4 is 5.69 Å². The van der Waals surface area contributed by atoms with Crippen LogP contribution in [0.2, 0.25) is 0 Å². The number of likely N-dealkylation sites (N-methyl/N-ethyl adjacent to an activating group) is 1. The van der Waals surface area contributed by atoms with Gasteiger partial charge >= 0.3 is 0 Å². The van der Waals surface area contributed by atoms with E-state index in [0.29, 0.717) is 0 Å². The third kappa shape index (κ3) is 3.11. The van der Waals surface area contributed by atoms with E-state index < -0.39 is 0 Å². The topological polar surface area (TPSA) is 33.7 Å². The molecular formula is C13H20N2O2. The number of hydrogen-bond acceptors (Lipinski definition) is 4. The predicted octanol–water partition coefficient (Wildman–Crippen LogP) is 1.12. The van der Waals surface area contributed by atoms with Crippen LogP contribution >= 0.6 is 0 Å². The molecule has 1 unspecified atom stereocenters. The number of anilines is 1. The second kappa shape index (κ2) is 5.89. The van der Waals surface area contributed by atoms with Gasteiger partial charge in [0, 0.05) is 26.7 Å². The van der Waals surface area contributed by atoms with Crippen molar-refractivity contribution in [1.29, 1.82) is 0 Å². The van der Waals surface area contributed by atoms with Gasteiger partial charge in [0.15, 0.2) is 0 Å². The van der Waals surface area contributed by atoms with Crippen molar-refractivity contribution in [2.75, 3.05) is 45.3 Å². The number of hydrogen-bond donors (Lipinski definition) is 1. The zero-order valence-corrected chi connectivity index (χ0v) is 10.5. The van der Waals surface area contributed by atoms with Crippen molar-refractivity contribution in [3.8, 4) is 5.75 Å². The van der Waals surface area contributed by atoms with Gasteiger partial charge in [-0.05, 0) is 12.1 Å². The number of benzene rings is 1. The quantitative estimate of drug-likeness (QED) is 0.849. The Bertz CT molecular complexity index is 351. The normalized spacial score (nSPS) is 20.0. The Morgan fingerprint density at radius 3 is 3.00 bits per heavy atom. The van der Waals surface area contributed by atoms with Crippen LogP contribution in [0.5, 0.6) is 5.75 Å². The third-order valence-corrected chi connectivity index (χ3v) is 2.98. The van der Waals surface area contributed by atoms with E-state index in [0.717, 1.165) is 37.7 Å². The summed E-state index contributed by atoms with van der Waals surface area (Å²) in [6.45, 7) is 3.53. The van der Waals surface area contributed by atoms with Crippen LogP contribution in [0.25, 0.3) is 0 Å². The van der Waals surface area contributed by atoms with Gasteiger partial charge < -0.3 is 19.7 Å². The van der Waals surface area contributed by atoms with E-state index in [4.69, 9.17) is 9.47 Å².